The maximum absolute atomic E-state index is 13.5. The van der Waals surface area contributed by atoms with Gasteiger partial charge >= 0.3 is 0 Å². The Balaban J connectivity index is 2.15. The van der Waals surface area contributed by atoms with Gasteiger partial charge in [0.25, 0.3) is 5.91 Å². The van der Waals surface area contributed by atoms with Gasteiger partial charge in [-0.3, -0.25) is 4.79 Å². The van der Waals surface area contributed by atoms with Crippen molar-refractivity contribution >= 4 is 11.6 Å². The lowest BCUT2D eigenvalue weighted by Gasteiger charge is -2.08. The highest BCUT2D eigenvalue weighted by Gasteiger charge is 2.10. The predicted molar refractivity (Wildman–Crippen MR) is 72.0 cm³/mol. The van der Waals surface area contributed by atoms with E-state index in [-0.39, 0.29) is 5.56 Å². The largest absolute Gasteiger partial charge is 0.494 e. The Morgan fingerprint density at radius 2 is 2.00 bits per heavy atom. The van der Waals surface area contributed by atoms with Crippen molar-refractivity contribution < 1.29 is 13.9 Å². The van der Waals surface area contributed by atoms with Gasteiger partial charge in [0.1, 0.15) is 11.6 Å². The molecule has 0 spiro atoms. The molecule has 0 unspecified atom stereocenters. The van der Waals surface area contributed by atoms with Crippen LogP contribution in [-0.2, 0) is 0 Å². The first kappa shape index (κ1) is 13.1. The van der Waals surface area contributed by atoms with Gasteiger partial charge in [0.15, 0.2) is 0 Å². The number of nitrogens with one attached hydrogen (secondary N) is 1. The molecule has 98 valence electrons. The molecule has 0 atom stereocenters. The van der Waals surface area contributed by atoms with E-state index in [1.54, 1.807) is 36.4 Å². The molecule has 2 aromatic rings. The van der Waals surface area contributed by atoms with Gasteiger partial charge in [-0.05, 0) is 31.2 Å². The lowest BCUT2D eigenvalue weighted by molar-refractivity contribution is 0.102. The molecule has 2 aromatic carbocycles. The third-order valence-electron chi connectivity index (χ3n) is 2.52. The lowest BCUT2D eigenvalue weighted by atomic mass is 10.2. The van der Waals surface area contributed by atoms with Crippen molar-refractivity contribution in [2.75, 3.05) is 11.9 Å². The van der Waals surface area contributed by atoms with Crippen molar-refractivity contribution in [3.05, 3.63) is 59.9 Å². The van der Waals surface area contributed by atoms with Crippen LogP contribution in [0.1, 0.15) is 17.3 Å². The van der Waals surface area contributed by atoms with Crippen LogP contribution in [0, 0.1) is 5.82 Å². The number of benzene rings is 2. The third kappa shape index (κ3) is 3.31. The van der Waals surface area contributed by atoms with Crippen molar-refractivity contribution in [1.29, 1.82) is 0 Å². The number of carbonyl (C=O) groups is 1. The smallest absolute Gasteiger partial charge is 0.258 e. The number of hydrogen-bond donors (Lipinski definition) is 1. The zero-order valence-corrected chi connectivity index (χ0v) is 10.5. The minimum absolute atomic E-state index is 0.0179. The second kappa shape index (κ2) is 6.00. The van der Waals surface area contributed by atoms with Gasteiger partial charge in [0.2, 0.25) is 0 Å². The molecule has 0 aliphatic rings. The van der Waals surface area contributed by atoms with E-state index in [9.17, 15) is 9.18 Å². The molecule has 1 N–H and O–H groups in total. The minimum atomic E-state index is -0.541. The number of halogens is 1. The highest BCUT2D eigenvalue weighted by Crippen LogP contribution is 2.18. The fourth-order valence-electron chi connectivity index (χ4n) is 1.67. The van der Waals surface area contributed by atoms with Crippen LogP contribution < -0.4 is 10.1 Å². The highest BCUT2D eigenvalue weighted by atomic mass is 19.1. The topological polar surface area (TPSA) is 38.3 Å². The zero-order valence-electron chi connectivity index (χ0n) is 10.5. The fourth-order valence-corrected chi connectivity index (χ4v) is 1.67. The Morgan fingerprint density at radius 3 is 2.74 bits per heavy atom. The molecule has 0 aliphatic carbocycles. The summed E-state index contributed by atoms with van der Waals surface area (Å²) in [7, 11) is 0. The summed E-state index contributed by atoms with van der Waals surface area (Å²) in [5.41, 5.74) is 0.587. The summed E-state index contributed by atoms with van der Waals surface area (Å²) in [6.07, 6.45) is 0. The summed E-state index contributed by atoms with van der Waals surface area (Å²) < 4.78 is 18.8. The van der Waals surface area contributed by atoms with Crippen LogP contribution in [0.4, 0.5) is 10.1 Å². The van der Waals surface area contributed by atoms with E-state index in [1.807, 2.05) is 6.92 Å². The molecule has 0 heterocycles. The van der Waals surface area contributed by atoms with Gasteiger partial charge in [-0.2, -0.15) is 0 Å². The molecule has 2 rings (SSSR count). The normalized spacial score (nSPS) is 10.0. The van der Waals surface area contributed by atoms with Crippen LogP contribution in [0.3, 0.4) is 0 Å². The number of hydrogen-bond acceptors (Lipinski definition) is 2. The van der Waals surface area contributed by atoms with Crippen LogP contribution in [-0.4, -0.2) is 12.5 Å². The van der Waals surface area contributed by atoms with Gasteiger partial charge in [-0.1, -0.05) is 18.2 Å². The molecule has 0 aliphatic heterocycles. The average Bonchev–Trinajstić information content (AvgIpc) is 2.40. The molecular formula is C15H14FNO2. The molecule has 0 bridgehead atoms. The van der Waals surface area contributed by atoms with Gasteiger partial charge in [0, 0.05) is 11.8 Å². The Morgan fingerprint density at radius 1 is 1.21 bits per heavy atom. The number of anilines is 1. The maximum atomic E-state index is 13.5. The van der Waals surface area contributed by atoms with Gasteiger partial charge in [0.05, 0.1) is 12.2 Å². The van der Waals surface area contributed by atoms with Crippen molar-refractivity contribution in [1.82, 2.24) is 0 Å². The quantitative estimate of drug-likeness (QED) is 0.912. The van der Waals surface area contributed by atoms with Crippen LogP contribution in [0.25, 0.3) is 0 Å². The number of ether oxygens (including phenoxy) is 1. The van der Waals surface area contributed by atoms with E-state index in [1.165, 1.54) is 12.1 Å². The average molecular weight is 259 g/mol. The van der Waals surface area contributed by atoms with E-state index < -0.39 is 11.7 Å². The summed E-state index contributed by atoms with van der Waals surface area (Å²) in [6.45, 7) is 2.43. The van der Waals surface area contributed by atoms with E-state index in [0.29, 0.717) is 18.0 Å². The summed E-state index contributed by atoms with van der Waals surface area (Å²) in [4.78, 5) is 11.9. The molecule has 0 radical (unpaired) electrons. The molecule has 1 amide bonds. The Bertz CT molecular complexity index is 584. The predicted octanol–water partition coefficient (Wildman–Crippen LogP) is 3.48. The first-order chi connectivity index (χ1) is 9.20. The van der Waals surface area contributed by atoms with Gasteiger partial charge in [-0.15, -0.1) is 0 Å². The first-order valence-electron chi connectivity index (χ1n) is 5.99. The molecule has 3 nitrogen and oxygen atoms in total. The van der Waals surface area contributed by atoms with Gasteiger partial charge < -0.3 is 10.1 Å². The Kier molecular flexibility index (Phi) is 4.13. The zero-order chi connectivity index (χ0) is 13.7. The maximum Gasteiger partial charge on any atom is 0.258 e. The third-order valence-corrected chi connectivity index (χ3v) is 2.52. The van der Waals surface area contributed by atoms with Crippen LogP contribution in [0.2, 0.25) is 0 Å². The standard InChI is InChI=1S/C15H14FNO2/c1-2-19-12-7-5-6-11(10-12)17-15(18)13-8-3-4-9-14(13)16/h3-10H,2H2,1H3,(H,17,18). The van der Waals surface area contributed by atoms with Crippen molar-refractivity contribution in [3.63, 3.8) is 0 Å². The first-order valence-corrected chi connectivity index (χ1v) is 5.99. The monoisotopic (exact) mass is 259 g/mol. The summed E-state index contributed by atoms with van der Waals surface area (Å²) in [5.74, 6) is -0.360. The molecule has 0 aromatic heterocycles. The number of rotatable bonds is 4. The summed E-state index contributed by atoms with van der Waals surface area (Å²) >= 11 is 0. The van der Waals surface area contributed by atoms with E-state index >= 15 is 0 Å². The molecular weight excluding hydrogens is 245 g/mol. The van der Waals surface area contributed by atoms with Crippen molar-refractivity contribution in [2.45, 2.75) is 6.92 Å². The molecule has 0 fully saturated rings. The Hall–Kier alpha value is -2.36. The Labute approximate surface area is 111 Å². The minimum Gasteiger partial charge on any atom is -0.494 e. The lowest BCUT2D eigenvalue weighted by Crippen LogP contribution is -2.13. The van der Waals surface area contributed by atoms with Crippen LogP contribution in [0.15, 0.2) is 48.5 Å². The summed E-state index contributed by atoms with van der Waals surface area (Å²) in [6, 6.07) is 12.8. The van der Waals surface area contributed by atoms with Crippen LogP contribution >= 0.6 is 0 Å². The number of amides is 1. The van der Waals surface area contributed by atoms with E-state index in [4.69, 9.17) is 4.74 Å². The fraction of sp³-hybridized carbons (Fsp3) is 0.133. The van der Waals surface area contributed by atoms with Crippen molar-refractivity contribution in [2.24, 2.45) is 0 Å². The highest BCUT2D eigenvalue weighted by molar-refractivity contribution is 6.04. The van der Waals surface area contributed by atoms with Gasteiger partial charge in [-0.25, -0.2) is 4.39 Å². The van der Waals surface area contributed by atoms with E-state index in [0.717, 1.165) is 0 Å². The summed E-state index contributed by atoms with van der Waals surface area (Å²) in [5, 5.41) is 2.64. The van der Waals surface area contributed by atoms with Crippen molar-refractivity contribution in [3.8, 4) is 5.75 Å². The number of carbonyl (C=O) groups excluding carboxylic acids is 1. The van der Waals surface area contributed by atoms with Crippen LogP contribution in [0.5, 0.6) is 5.75 Å². The molecule has 0 saturated heterocycles. The molecule has 4 heteroatoms. The second-order valence-corrected chi connectivity index (χ2v) is 3.89. The van der Waals surface area contributed by atoms with E-state index in [2.05, 4.69) is 5.32 Å². The SMILES string of the molecule is CCOc1cccc(NC(=O)c2ccccc2F)c1. The molecule has 19 heavy (non-hydrogen) atoms. The molecule has 0 saturated carbocycles. The second-order valence-electron chi connectivity index (χ2n) is 3.89.